The average Bonchev–Trinajstić information content (AvgIpc) is 2.98. The second-order valence-electron chi connectivity index (χ2n) is 9.02. The average molecular weight is 391 g/mol. The smallest absolute Gasteiger partial charge is 0.336 e. The van der Waals surface area contributed by atoms with E-state index in [1.165, 1.54) is 6.42 Å². The van der Waals surface area contributed by atoms with E-state index >= 15 is 0 Å². The van der Waals surface area contributed by atoms with Gasteiger partial charge in [-0.05, 0) is 73.5 Å². The molecule has 4 aliphatic rings. The Bertz CT molecular complexity index is 1060. The van der Waals surface area contributed by atoms with Crippen molar-refractivity contribution in [1.82, 2.24) is 4.57 Å². The SMILES string of the molecule is Cn1cc(/C=C(/C(=O)O)C(C(=O)O)=C2C3CC4CC(C3)CC2C4)c2ccccc21. The molecule has 150 valence electrons. The van der Waals surface area contributed by atoms with Crippen molar-refractivity contribution in [3.05, 3.63) is 52.7 Å². The van der Waals surface area contributed by atoms with Crippen LogP contribution < -0.4 is 0 Å². The van der Waals surface area contributed by atoms with E-state index in [1.54, 1.807) is 6.08 Å². The van der Waals surface area contributed by atoms with Crippen molar-refractivity contribution in [2.45, 2.75) is 32.1 Å². The quantitative estimate of drug-likeness (QED) is 0.753. The number of aromatic nitrogens is 1. The van der Waals surface area contributed by atoms with Gasteiger partial charge in [0.25, 0.3) is 0 Å². The number of carboxylic acid groups (broad SMARTS) is 2. The van der Waals surface area contributed by atoms with Gasteiger partial charge in [0.05, 0.1) is 11.1 Å². The fourth-order valence-electron chi connectivity index (χ4n) is 6.38. The zero-order valence-corrected chi connectivity index (χ0v) is 16.5. The molecule has 1 aromatic heterocycles. The van der Waals surface area contributed by atoms with Crippen molar-refractivity contribution in [2.24, 2.45) is 30.7 Å². The third-order valence-corrected chi connectivity index (χ3v) is 7.25. The predicted molar refractivity (Wildman–Crippen MR) is 110 cm³/mol. The van der Waals surface area contributed by atoms with Crippen LogP contribution in [0.15, 0.2) is 47.2 Å². The summed E-state index contributed by atoms with van der Waals surface area (Å²) in [5.41, 5.74) is 2.58. The van der Waals surface area contributed by atoms with Gasteiger partial charge in [-0.15, -0.1) is 0 Å². The van der Waals surface area contributed by atoms with Crippen LogP contribution in [0, 0.1) is 23.7 Å². The van der Waals surface area contributed by atoms with E-state index in [9.17, 15) is 19.8 Å². The maximum absolute atomic E-state index is 12.4. The molecule has 4 bridgehead atoms. The minimum atomic E-state index is -1.17. The number of para-hydroxylation sites is 1. The number of aryl methyl sites for hydroxylation is 1. The van der Waals surface area contributed by atoms with E-state index < -0.39 is 11.9 Å². The highest BCUT2D eigenvalue weighted by Crippen LogP contribution is 2.57. The van der Waals surface area contributed by atoms with Gasteiger partial charge in [0, 0.05) is 29.7 Å². The van der Waals surface area contributed by atoms with Crippen molar-refractivity contribution in [1.29, 1.82) is 0 Å². The lowest BCUT2D eigenvalue weighted by Gasteiger charge is -2.52. The van der Waals surface area contributed by atoms with Gasteiger partial charge < -0.3 is 14.8 Å². The molecule has 4 aliphatic carbocycles. The molecule has 4 saturated carbocycles. The molecule has 0 amide bonds. The van der Waals surface area contributed by atoms with E-state index in [2.05, 4.69) is 0 Å². The summed E-state index contributed by atoms with van der Waals surface area (Å²) in [5.74, 6) is -0.448. The molecular weight excluding hydrogens is 366 g/mol. The topological polar surface area (TPSA) is 79.5 Å². The van der Waals surface area contributed by atoms with Gasteiger partial charge in [-0.3, -0.25) is 0 Å². The summed E-state index contributed by atoms with van der Waals surface area (Å²) in [6.07, 6.45) is 8.75. The van der Waals surface area contributed by atoms with Crippen LogP contribution >= 0.6 is 0 Å². The third kappa shape index (κ3) is 2.91. The van der Waals surface area contributed by atoms with Crippen molar-refractivity contribution < 1.29 is 19.8 Å². The molecule has 6 rings (SSSR count). The highest BCUT2D eigenvalue weighted by molar-refractivity contribution is 6.10. The third-order valence-electron chi connectivity index (χ3n) is 7.25. The minimum absolute atomic E-state index is 0.0410. The van der Waals surface area contributed by atoms with Gasteiger partial charge in [0.1, 0.15) is 0 Å². The Morgan fingerprint density at radius 1 is 0.966 bits per heavy atom. The lowest BCUT2D eigenvalue weighted by Crippen LogP contribution is -2.41. The first-order chi connectivity index (χ1) is 13.9. The molecule has 29 heavy (non-hydrogen) atoms. The van der Waals surface area contributed by atoms with Gasteiger partial charge in [0.15, 0.2) is 0 Å². The van der Waals surface area contributed by atoms with Crippen LogP contribution in [0.2, 0.25) is 0 Å². The molecule has 0 unspecified atom stereocenters. The Labute approximate surface area is 169 Å². The molecule has 2 aromatic rings. The van der Waals surface area contributed by atoms with Crippen molar-refractivity contribution in [3.63, 3.8) is 0 Å². The van der Waals surface area contributed by atoms with E-state index in [1.807, 2.05) is 42.1 Å². The first-order valence-corrected chi connectivity index (χ1v) is 10.4. The van der Waals surface area contributed by atoms with Crippen LogP contribution in [0.5, 0.6) is 0 Å². The summed E-state index contributed by atoms with van der Waals surface area (Å²) in [4.78, 5) is 24.6. The molecule has 0 atom stereocenters. The zero-order chi connectivity index (χ0) is 20.3. The minimum Gasteiger partial charge on any atom is -0.478 e. The normalized spacial score (nSPS) is 28.2. The molecule has 1 heterocycles. The molecule has 0 radical (unpaired) electrons. The summed E-state index contributed by atoms with van der Waals surface area (Å²) in [6, 6.07) is 7.76. The largest absolute Gasteiger partial charge is 0.478 e. The first kappa shape index (κ1) is 18.2. The van der Waals surface area contributed by atoms with E-state index in [0.29, 0.717) is 11.8 Å². The number of hydrogen-bond donors (Lipinski definition) is 2. The standard InChI is InChI=1S/C24H25NO4/c1-25-12-17(18-4-2-3-5-20(18)25)11-19(23(26)27)22(24(28)29)21-15-7-13-6-14(9-15)10-16(21)8-13/h2-5,11-16H,6-10H2,1H3,(H,26,27)(H,28,29)/b19-11+,22-21?. The Balaban J connectivity index is 1.69. The number of allylic oxidation sites excluding steroid dienone is 1. The van der Waals surface area contributed by atoms with Crippen molar-refractivity contribution in [2.75, 3.05) is 0 Å². The number of aliphatic carboxylic acids is 2. The van der Waals surface area contributed by atoms with Crippen LogP contribution in [0.1, 0.15) is 37.7 Å². The fraction of sp³-hybridized carbons (Fsp3) is 0.417. The van der Waals surface area contributed by atoms with Gasteiger partial charge >= 0.3 is 11.9 Å². The molecule has 4 fully saturated rings. The summed E-state index contributed by atoms with van der Waals surface area (Å²) >= 11 is 0. The fourth-order valence-corrected chi connectivity index (χ4v) is 6.38. The monoisotopic (exact) mass is 391 g/mol. The number of rotatable bonds is 4. The second kappa shape index (κ2) is 6.61. The van der Waals surface area contributed by atoms with Crippen molar-refractivity contribution >= 4 is 28.9 Å². The summed E-state index contributed by atoms with van der Waals surface area (Å²) in [7, 11) is 1.91. The van der Waals surface area contributed by atoms with Crippen LogP contribution in [0.4, 0.5) is 0 Å². The lowest BCUT2D eigenvalue weighted by molar-refractivity contribution is -0.136. The summed E-state index contributed by atoms with van der Waals surface area (Å²) in [5, 5.41) is 21.0. The number of carboxylic acids is 2. The maximum Gasteiger partial charge on any atom is 0.336 e. The van der Waals surface area contributed by atoms with Gasteiger partial charge in [-0.2, -0.15) is 0 Å². The maximum atomic E-state index is 12.4. The lowest BCUT2D eigenvalue weighted by atomic mass is 9.53. The molecular formula is C24H25NO4. The summed E-state index contributed by atoms with van der Waals surface area (Å²) < 4.78 is 1.94. The van der Waals surface area contributed by atoms with Gasteiger partial charge in [0.2, 0.25) is 0 Å². The molecule has 5 heteroatoms. The molecule has 0 aliphatic heterocycles. The van der Waals surface area contributed by atoms with Crippen LogP contribution in [-0.4, -0.2) is 26.7 Å². The highest BCUT2D eigenvalue weighted by atomic mass is 16.4. The highest BCUT2D eigenvalue weighted by Gasteiger charge is 2.47. The van der Waals surface area contributed by atoms with Gasteiger partial charge in [-0.25, -0.2) is 9.59 Å². The Morgan fingerprint density at radius 3 is 2.17 bits per heavy atom. The number of nitrogens with zero attached hydrogens (tertiary/aromatic N) is 1. The molecule has 1 aromatic carbocycles. The van der Waals surface area contributed by atoms with E-state index in [4.69, 9.17) is 0 Å². The number of benzene rings is 1. The van der Waals surface area contributed by atoms with Crippen molar-refractivity contribution in [3.8, 4) is 0 Å². The number of carbonyl (C=O) groups is 2. The molecule has 0 spiro atoms. The predicted octanol–water partition coefficient (Wildman–Crippen LogP) is 4.48. The first-order valence-electron chi connectivity index (χ1n) is 10.4. The number of hydrogen-bond acceptors (Lipinski definition) is 2. The molecule has 5 nitrogen and oxygen atoms in total. The van der Waals surface area contributed by atoms with E-state index in [0.717, 1.165) is 47.7 Å². The number of fused-ring (bicyclic) bond motifs is 1. The Morgan fingerprint density at radius 2 is 1.59 bits per heavy atom. The molecule has 2 N–H and O–H groups in total. The van der Waals surface area contributed by atoms with Crippen LogP contribution in [0.3, 0.4) is 0 Å². The Hall–Kier alpha value is -2.82. The second-order valence-corrected chi connectivity index (χ2v) is 9.02. The van der Waals surface area contributed by atoms with Crippen LogP contribution in [0.25, 0.3) is 17.0 Å². The summed E-state index contributed by atoms with van der Waals surface area (Å²) in [6.45, 7) is 0. The van der Waals surface area contributed by atoms with E-state index in [-0.39, 0.29) is 23.0 Å². The Kier molecular flexibility index (Phi) is 4.16. The molecule has 0 saturated heterocycles. The van der Waals surface area contributed by atoms with Gasteiger partial charge in [-0.1, -0.05) is 18.2 Å². The van der Waals surface area contributed by atoms with Crippen LogP contribution in [-0.2, 0) is 16.6 Å². The zero-order valence-electron chi connectivity index (χ0n) is 16.5.